The van der Waals surface area contributed by atoms with Crippen molar-refractivity contribution >= 4 is 17.2 Å². The molecule has 7 heteroatoms. The number of carbonyl (C=O) groups is 1. The predicted molar refractivity (Wildman–Crippen MR) is 91.6 cm³/mol. The molecule has 1 aliphatic rings. The number of nitrogens with zero attached hydrogens (tertiary/aromatic N) is 2. The Morgan fingerprint density at radius 3 is 2.80 bits per heavy atom. The lowest BCUT2D eigenvalue weighted by atomic mass is 10.2. The maximum Gasteiger partial charge on any atom is 0.270 e. The Bertz CT molecular complexity index is 1040. The summed E-state index contributed by atoms with van der Waals surface area (Å²) in [5.41, 5.74) is 1.47. The molecule has 0 atom stereocenters. The van der Waals surface area contributed by atoms with Crippen LogP contribution < -0.4 is 20.3 Å². The normalized spacial score (nSPS) is 12.8. The summed E-state index contributed by atoms with van der Waals surface area (Å²) >= 11 is 0. The van der Waals surface area contributed by atoms with Gasteiger partial charge in [-0.15, -0.1) is 0 Å². The highest BCUT2D eigenvalue weighted by molar-refractivity contribution is 6.04. The summed E-state index contributed by atoms with van der Waals surface area (Å²) in [6.45, 7) is 2.82. The van der Waals surface area contributed by atoms with Gasteiger partial charge in [0.2, 0.25) is 0 Å². The van der Waals surface area contributed by atoms with E-state index in [1.54, 1.807) is 30.5 Å². The number of aryl methyl sites for hydroxylation is 1. The van der Waals surface area contributed by atoms with Crippen LogP contribution in [-0.2, 0) is 0 Å². The number of hydrogen-bond acceptors (Lipinski definition) is 5. The molecule has 0 aliphatic carbocycles. The third kappa shape index (κ3) is 2.80. The zero-order valence-electron chi connectivity index (χ0n) is 13.5. The van der Waals surface area contributed by atoms with Crippen LogP contribution in [0.15, 0.2) is 47.5 Å². The lowest BCUT2D eigenvalue weighted by Crippen LogP contribution is -2.26. The number of hydrogen-bond donors (Lipinski definition) is 1. The largest absolute Gasteiger partial charge is 0.486 e. The fraction of sp³-hybridized carbons (Fsp3) is 0.167. The molecular formula is C18H15N3O4. The smallest absolute Gasteiger partial charge is 0.270 e. The first-order chi connectivity index (χ1) is 12.1. The Kier molecular flexibility index (Phi) is 3.61. The monoisotopic (exact) mass is 337 g/mol. The third-order valence-electron chi connectivity index (χ3n) is 3.89. The molecule has 0 unspecified atom stereocenters. The van der Waals surface area contributed by atoms with E-state index < -0.39 is 11.5 Å². The van der Waals surface area contributed by atoms with Gasteiger partial charge in [0, 0.05) is 24.1 Å². The Morgan fingerprint density at radius 1 is 1.16 bits per heavy atom. The highest BCUT2D eigenvalue weighted by atomic mass is 16.6. The summed E-state index contributed by atoms with van der Waals surface area (Å²) in [6.07, 6.45) is 2.95. The highest BCUT2D eigenvalue weighted by Crippen LogP contribution is 2.32. The topological polar surface area (TPSA) is 81.9 Å². The van der Waals surface area contributed by atoms with Gasteiger partial charge in [0.15, 0.2) is 11.5 Å². The molecule has 0 bridgehead atoms. The number of carbonyl (C=O) groups excluding carboxylic acids is 1. The molecule has 1 aromatic carbocycles. The van der Waals surface area contributed by atoms with Crippen molar-refractivity contribution in [3.8, 4) is 11.5 Å². The Morgan fingerprint density at radius 2 is 1.96 bits per heavy atom. The first-order valence-electron chi connectivity index (χ1n) is 7.81. The van der Waals surface area contributed by atoms with Crippen molar-refractivity contribution in [2.24, 2.45) is 0 Å². The summed E-state index contributed by atoms with van der Waals surface area (Å²) in [4.78, 5) is 29.2. The van der Waals surface area contributed by atoms with Gasteiger partial charge in [0.25, 0.3) is 11.5 Å². The number of anilines is 1. The summed E-state index contributed by atoms with van der Waals surface area (Å²) in [7, 11) is 0. The molecule has 25 heavy (non-hydrogen) atoms. The second-order valence-corrected chi connectivity index (χ2v) is 5.72. The van der Waals surface area contributed by atoms with Crippen LogP contribution in [0.2, 0.25) is 0 Å². The van der Waals surface area contributed by atoms with Crippen LogP contribution >= 0.6 is 0 Å². The molecule has 0 spiro atoms. The summed E-state index contributed by atoms with van der Waals surface area (Å²) < 4.78 is 12.3. The van der Waals surface area contributed by atoms with E-state index >= 15 is 0 Å². The van der Waals surface area contributed by atoms with Gasteiger partial charge in [0.05, 0.1) is 0 Å². The first-order valence-corrected chi connectivity index (χ1v) is 7.81. The van der Waals surface area contributed by atoms with Crippen LogP contribution in [-0.4, -0.2) is 28.5 Å². The number of amides is 1. The van der Waals surface area contributed by atoms with E-state index in [1.165, 1.54) is 10.6 Å². The van der Waals surface area contributed by atoms with Gasteiger partial charge in [-0.2, -0.15) is 0 Å². The molecule has 0 fully saturated rings. The number of nitrogens with one attached hydrogen (secondary N) is 1. The molecule has 0 saturated heterocycles. The van der Waals surface area contributed by atoms with Gasteiger partial charge >= 0.3 is 0 Å². The van der Waals surface area contributed by atoms with E-state index in [0.717, 1.165) is 5.56 Å². The van der Waals surface area contributed by atoms with E-state index in [1.807, 2.05) is 13.0 Å². The van der Waals surface area contributed by atoms with Crippen LogP contribution in [0.1, 0.15) is 15.9 Å². The van der Waals surface area contributed by atoms with Crippen LogP contribution in [0.3, 0.4) is 0 Å². The Labute approximate surface area is 142 Å². The van der Waals surface area contributed by atoms with Crippen molar-refractivity contribution in [2.45, 2.75) is 6.92 Å². The molecule has 2 aromatic heterocycles. The second-order valence-electron chi connectivity index (χ2n) is 5.72. The van der Waals surface area contributed by atoms with Crippen LogP contribution in [0, 0.1) is 6.92 Å². The molecule has 4 rings (SSSR count). The fourth-order valence-electron chi connectivity index (χ4n) is 2.66. The number of rotatable bonds is 2. The summed E-state index contributed by atoms with van der Waals surface area (Å²) in [5.74, 6) is 0.672. The molecule has 126 valence electrons. The van der Waals surface area contributed by atoms with Gasteiger partial charge < -0.3 is 14.8 Å². The van der Waals surface area contributed by atoms with E-state index in [0.29, 0.717) is 36.0 Å². The van der Waals surface area contributed by atoms with Gasteiger partial charge in [-0.1, -0.05) is 6.07 Å². The molecule has 3 aromatic rings. The molecule has 7 nitrogen and oxygen atoms in total. The minimum Gasteiger partial charge on any atom is -0.486 e. The molecule has 1 N–H and O–H groups in total. The van der Waals surface area contributed by atoms with Gasteiger partial charge in [-0.25, -0.2) is 4.98 Å². The maximum atomic E-state index is 12.6. The fourth-order valence-corrected chi connectivity index (χ4v) is 2.66. The number of pyridine rings is 1. The van der Waals surface area contributed by atoms with Crippen LogP contribution in [0.5, 0.6) is 11.5 Å². The van der Waals surface area contributed by atoms with E-state index in [9.17, 15) is 9.59 Å². The number of fused-ring (bicyclic) bond motifs is 2. The SMILES string of the molecule is Cc1ccc2ncc(C(=O)Nc3ccc4c(c3)OCCO4)c(=O)n2c1. The minimum atomic E-state index is -0.523. The van der Waals surface area contributed by atoms with E-state index in [2.05, 4.69) is 10.3 Å². The van der Waals surface area contributed by atoms with E-state index in [-0.39, 0.29) is 5.56 Å². The van der Waals surface area contributed by atoms with Crippen molar-refractivity contribution in [2.75, 3.05) is 18.5 Å². The average Bonchev–Trinajstić information content (AvgIpc) is 2.62. The molecule has 3 heterocycles. The molecular weight excluding hydrogens is 322 g/mol. The van der Waals surface area contributed by atoms with E-state index in [4.69, 9.17) is 9.47 Å². The zero-order chi connectivity index (χ0) is 17.4. The van der Waals surface area contributed by atoms with Crippen LogP contribution in [0.4, 0.5) is 5.69 Å². The molecule has 0 radical (unpaired) electrons. The highest BCUT2D eigenvalue weighted by Gasteiger charge is 2.16. The molecule has 1 amide bonds. The molecule has 0 saturated carbocycles. The number of aromatic nitrogens is 2. The van der Waals surface area contributed by atoms with Gasteiger partial charge in [-0.3, -0.25) is 14.0 Å². The van der Waals surface area contributed by atoms with Crippen LogP contribution in [0.25, 0.3) is 5.65 Å². The second kappa shape index (κ2) is 5.94. The number of benzene rings is 1. The van der Waals surface area contributed by atoms with Crippen molar-refractivity contribution < 1.29 is 14.3 Å². The quantitative estimate of drug-likeness (QED) is 0.774. The first kappa shape index (κ1) is 15.2. The maximum absolute atomic E-state index is 12.6. The zero-order valence-corrected chi connectivity index (χ0v) is 13.5. The van der Waals surface area contributed by atoms with Gasteiger partial charge in [0.1, 0.15) is 24.4 Å². The minimum absolute atomic E-state index is 0.0296. The molecule has 1 aliphatic heterocycles. The lowest BCUT2D eigenvalue weighted by Gasteiger charge is -2.19. The average molecular weight is 337 g/mol. The Hall–Kier alpha value is -3.35. The van der Waals surface area contributed by atoms with Crippen molar-refractivity contribution in [3.63, 3.8) is 0 Å². The van der Waals surface area contributed by atoms with Gasteiger partial charge in [-0.05, 0) is 30.7 Å². The number of ether oxygens (including phenoxy) is 2. The van der Waals surface area contributed by atoms with Crippen molar-refractivity contribution in [3.05, 3.63) is 64.2 Å². The lowest BCUT2D eigenvalue weighted by molar-refractivity contribution is 0.102. The summed E-state index contributed by atoms with van der Waals surface area (Å²) in [5, 5.41) is 2.70. The Balaban J connectivity index is 1.66. The van der Waals surface area contributed by atoms with Crippen molar-refractivity contribution in [1.29, 1.82) is 0 Å². The standard InChI is InChI=1S/C18H15N3O4/c1-11-2-5-16-19-9-13(18(23)21(16)10-11)17(22)20-12-3-4-14-15(8-12)25-7-6-24-14/h2-5,8-10H,6-7H2,1H3,(H,20,22). The predicted octanol–water partition coefficient (Wildman–Crippen LogP) is 2.03. The summed E-state index contributed by atoms with van der Waals surface area (Å²) in [6, 6.07) is 8.68. The third-order valence-corrected chi connectivity index (χ3v) is 3.89. The van der Waals surface area contributed by atoms with Crippen molar-refractivity contribution in [1.82, 2.24) is 9.38 Å².